The predicted molar refractivity (Wildman–Crippen MR) is 82.2 cm³/mol. The maximum Gasteiger partial charge on any atom is 0.303 e. The summed E-state index contributed by atoms with van der Waals surface area (Å²) in [5, 5.41) is 10.1. The van der Waals surface area contributed by atoms with Gasteiger partial charge in [-0.15, -0.1) is 0 Å². The molecule has 2 heterocycles. The Morgan fingerprint density at radius 1 is 1.29 bits per heavy atom. The van der Waals surface area contributed by atoms with Crippen LogP contribution in [0.5, 0.6) is 0 Å². The number of aryl methyl sites for hydroxylation is 2. The van der Waals surface area contributed by atoms with Crippen molar-refractivity contribution in [2.24, 2.45) is 0 Å². The van der Waals surface area contributed by atoms with Gasteiger partial charge < -0.3 is 10.1 Å². The molecule has 21 heavy (non-hydrogen) atoms. The zero-order valence-corrected chi connectivity index (χ0v) is 11.8. The Morgan fingerprint density at radius 3 is 2.86 bits per heavy atom. The van der Waals surface area contributed by atoms with Gasteiger partial charge in [0.2, 0.25) is 0 Å². The van der Waals surface area contributed by atoms with E-state index in [4.69, 9.17) is 5.11 Å². The van der Waals surface area contributed by atoms with Crippen molar-refractivity contribution in [3.63, 3.8) is 0 Å². The highest BCUT2D eigenvalue weighted by Gasteiger charge is 2.15. The molecule has 0 bridgehead atoms. The van der Waals surface area contributed by atoms with Gasteiger partial charge in [0, 0.05) is 23.5 Å². The third kappa shape index (κ3) is 2.65. The number of hydrogen-bond acceptors (Lipinski definition) is 2. The summed E-state index contributed by atoms with van der Waals surface area (Å²) in [4.78, 5) is 18.7. The smallest absolute Gasteiger partial charge is 0.303 e. The third-order valence-corrected chi connectivity index (χ3v) is 3.57. The van der Waals surface area contributed by atoms with E-state index in [9.17, 15) is 4.79 Å². The van der Waals surface area contributed by atoms with Crippen LogP contribution in [-0.4, -0.2) is 21.0 Å². The molecule has 0 aliphatic heterocycles. The van der Waals surface area contributed by atoms with Crippen LogP contribution in [0.4, 0.5) is 0 Å². The molecule has 4 nitrogen and oxygen atoms in total. The largest absolute Gasteiger partial charge is 0.481 e. The van der Waals surface area contributed by atoms with Crippen LogP contribution < -0.4 is 0 Å². The molecule has 4 heteroatoms. The normalized spacial score (nSPS) is 10.9. The van der Waals surface area contributed by atoms with Gasteiger partial charge in [-0.2, -0.15) is 0 Å². The highest BCUT2D eigenvalue weighted by atomic mass is 16.4. The van der Waals surface area contributed by atoms with E-state index in [1.165, 1.54) is 0 Å². The number of rotatable bonds is 4. The van der Waals surface area contributed by atoms with Crippen molar-refractivity contribution in [1.82, 2.24) is 9.97 Å². The molecule has 1 aromatic carbocycles. The number of nitrogens with zero attached hydrogens (tertiary/aromatic N) is 1. The Kier molecular flexibility index (Phi) is 3.44. The second-order valence-corrected chi connectivity index (χ2v) is 5.14. The number of aliphatic carboxylic acids is 1. The SMILES string of the molecule is Cc1ccc2[nH]c(-c3ccccn3)c(CCC(=O)O)c2c1. The van der Waals surface area contributed by atoms with Crippen molar-refractivity contribution in [2.45, 2.75) is 19.8 Å². The first-order valence-corrected chi connectivity index (χ1v) is 6.89. The molecule has 0 saturated heterocycles. The third-order valence-electron chi connectivity index (χ3n) is 3.57. The van der Waals surface area contributed by atoms with Crippen molar-refractivity contribution in [3.05, 3.63) is 53.7 Å². The second-order valence-electron chi connectivity index (χ2n) is 5.14. The van der Waals surface area contributed by atoms with Gasteiger partial charge in [-0.3, -0.25) is 9.78 Å². The highest BCUT2D eigenvalue weighted by Crippen LogP contribution is 2.30. The van der Waals surface area contributed by atoms with E-state index in [1.807, 2.05) is 37.3 Å². The topological polar surface area (TPSA) is 66.0 Å². The summed E-state index contributed by atoms with van der Waals surface area (Å²) in [7, 11) is 0. The summed E-state index contributed by atoms with van der Waals surface area (Å²) in [5.41, 5.74) is 4.95. The fraction of sp³-hybridized carbons (Fsp3) is 0.176. The fourth-order valence-corrected chi connectivity index (χ4v) is 2.58. The van der Waals surface area contributed by atoms with Gasteiger partial charge in [0.1, 0.15) is 0 Å². The van der Waals surface area contributed by atoms with E-state index in [0.29, 0.717) is 6.42 Å². The number of benzene rings is 1. The lowest BCUT2D eigenvalue weighted by atomic mass is 10.0. The second kappa shape index (κ2) is 5.40. The zero-order valence-electron chi connectivity index (χ0n) is 11.8. The molecule has 0 radical (unpaired) electrons. The molecule has 0 aliphatic rings. The first-order chi connectivity index (χ1) is 10.1. The van der Waals surface area contributed by atoms with Crippen LogP contribution in [0, 0.1) is 6.92 Å². The summed E-state index contributed by atoms with van der Waals surface area (Å²) < 4.78 is 0. The van der Waals surface area contributed by atoms with Crippen LogP contribution >= 0.6 is 0 Å². The number of aromatic nitrogens is 2. The lowest BCUT2D eigenvalue weighted by molar-refractivity contribution is -0.136. The number of pyridine rings is 1. The van der Waals surface area contributed by atoms with Crippen LogP contribution in [-0.2, 0) is 11.2 Å². The predicted octanol–water partition coefficient (Wildman–Crippen LogP) is 3.56. The Hall–Kier alpha value is -2.62. The first-order valence-electron chi connectivity index (χ1n) is 6.89. The quantitative estimate of drug-likeness (QED) is 0.768. The summed E-state index contributed by atoms with van der Waals surface area (Å²) in [6.45, 7) is 2.04. The minimum Gasteiger partial charge on any atom is -0.481 e. The maximum atomic E-state index is 10.9. The van der Waals surface area contributed by atoms with Gasteiger partial charge in [-0.25, -0.2) is 0 Å². The highest BCUT2D eigenvalue weighted by molar-refractivity contribution is 5.91. The summed E-state index contributed by atoms with van der Waals surface area (Å²) in [6.07, 6.45) is 2.35. The summed E-state index contributed by atoms with van der Waals surface area (Å²) in [5.74, 6) is -0.788. The monoisotopic (exact) mass is 280 g/mol. The van der Waals surface area contributed by atoms with Crippen LogP contribution in [0.1, 0.15) is 17.5 Å². The lowest BCUT2D eigenvalue weighted by Gasteiger charge is -2.03. The van der Waals surface area contributed by atoms with E-state index in [0.717, 1.165) is 33.4 Å². The minimum atomic E-state index is -0.788. The molecule has 0 unspecified atom stereocenters. The molecule has 106 valence electrons. The molecule has 2 N–H and O–H groups in total. The number of nitrogens with one attached hydrogen (secondary N) is 1. The number of aromatic amines is 1. The minimum absolute atomic E-state index is 0.112. The van der Waals surface area contributed by atoms with Gasteiger partial charge in [0.25, 0.3) is 0 Å². The molecular formula is C17H16N2O2. The van der Waals surface area contributed by atoms with Gasteiger partial charge in [0.05, 0.1) is 11.4 Å². The number of carboxylic acids is 1. The summed E-state index contributed by atoms with van der Waals surface area (Å²) >= 11 is 0. The number of fused-ring (bicyclic) bond motifs is 1. The van der Waals surface area contributed by atoms with E-state index in [1.54, 1.807) is 6.20 Å². The molecule has 3 rings (SSSR count). The van der Waals surface area contributed by atoms with Crippen molar-refractivity contribution in [2.75, 3.05) is 0 Å². The van der Waals surface area contributed by atoms with Crippen LogP contribution in [0.3, 0.4) is 0 Å². The van der Waals surface area contributed by atoms with E-state index < -0.39 is 5.97 Å². The van der Waals surface area contributed by atoms with Crippen molar-refractivity contribution in [3.8, 4) is 11.4 Å². The van der Waals surface area contributed by atoms with E-state index in [-0.39, 0.29) is 6.42 Å². The molecule has 0 saturated carbocycles. The van der Waals surface area contributed by atoms with E-state index in [2.05, 4.69) is 16.0 Å². The average molecular weight is 280 g/mol. The van der Waals surface area contributed by atoms with Crippen LogP contribution in [0.15, 0.2) is 42.6 Å². The molecule has 2 aromatic heterocycles. The molecule has 0 spiro atoms. The Balaban J connectivity index is 2.18. The van der Waals surface area contributed by atoms with E-state index >= 15 is 0 Å². The number of H-pyrrole nitrogens is 1. The van der Waals surface area contributed by atoms with Gasteiger partial charge in [0.15, 0.2) is 0 Å². The lowest BCUT2D eigenvalue weighted by Crippen LogP contribution is -1.98. The van der Waals surface area contributed by atoms with Gasteiger partial charge in [-0.1, -0.05) is 17.7 Å². The fourth-order valence-electron chi connectivity index (χ4n) is 2.58. The average Bonchev–Trinajstić information content (AvgIpc) is 2.84. The number of hydrogen-bond donors (Lipinski definition) is 2. The standard InChI is InChI=1S/C17H16N2O2/c1-11-5-7-14-13(10-11)12(6-8-16(20)21)17(19-14)15-4-2-3-9-18-15/h2-5,7,9-10,19H,6,8H2,1H3,(H,20,21). The molecular weight excluding hydrogens is 264 g/mol. The number of carbonyl (C=O) groups is 1. The molecule has 3 aromatic rings. The summed E-state index contributed by atoms with van der Waals surface area (Å²) in [6, 6.07) is 11.9. The molecule has 0 amide bonds. The van der Waals surface area contributed by atoms with Crippen molar-refractivity contribution >= 4 is 16.9 Å². The Morgan fingerprint density at radius 2 is 2.14 bits per heavy atom. The van der Waals surface area contributed by atoms with Gasteiger partial charge >= 0.3 is 5.97 Å². The molecule has 0 fully saturated rings. The molecule has 0 atom stereocenters. The van der Waals surface area contributed by atoms with Crippen LogP contribution in [0.2, 0.25) is 0 Å². The van der Waals surface area contributed by atoms with Gasteiger partial charge in [-0.05, 0) is 43.2 Å². The van der Waals surface area contributed by atoms with Crippen LogP contribution in [0.25, 0.3) is 22.3 Å². The number of carboxylic acid groups (broad SMARTS) is 1. The van der Waals surface area contributed by atoms with Crippen molar-refractivity contribution < 1.29 is 9.90 Å². The van der Waals surface area contributed by atoms with Crippen molar-refractivity contribution in [1.29, 1.82) is 0 Å². The Bertz CT molecular complexity index is 791. The zero-order chi connectivity index (χ0) is 14.8. The molecule has 0 aliphatic carbocycles. The maximum absolute atomic E-state index is 10.9. The first kappa shape index (κ1) is 13.4. The Labute approximate surface area is 122 Å².